The van der Waals surface area contributed by atoms with Crippen molar-refractivity contribution in [3.05, 3.63) is 63.9 Å². The van der Waals surface area contributed by atoms with E-state index in [0.717, 1.165) is 23.3 Å². The molecule has 0 saturated carbocycles. The van der Waals surface area contributed by atoms with Crippen molar-refractivity contribution in [3.8, 4) is 16.2 Å². The van der Waals surface area contributed by atoms with E-state index in [1.807, 2.05) is 18.2 Å². The predicted octanol–water partition coefficient (Wildman–Crippen LogP) is 5.29. The van der Waals surface area contributed by atoms with Gasteiger partial charge in [0, 0.05) is 0 Å². The molecule has 1 saturated heterocycles. The predicted molar refractivity (Wildman–Crippen MR) is 164 cm³/mol. The Morgan fingerprint density at radius 2 is 1.76 bits per heavy atom. The van der Waals surface area contributed by atoms with E-state index in [1.165, 1.54) is 22.8 Å². The van der Waals surface area contributed by atoms with Gasteiger partial charge in [0.25, 0.3) is 0 Å². The quantitative estimate of drug-likeness (QED) is 0.219. The van der Waals surface area contributed by atoms with Gasteiger partial charge in [0.15, 0.2) is 0 Å². The van der Waals surface area contributed by atoms with Crippen LogP contribution in [0.25, 0.3) is 10.4 Å². The number of carbonyl (C=O) groups is 2. The van der Waals surface area contributed by atoms with Gasteiger partial charge in [-0.1, -0.05) is 0 Å². The number of ether oxygens (including phenoxy) is 3. The molecule has 1 radical (unpaired) electrons. The van der Waals surface area contributed by atoms with Crippen LogP contribution in [0.4, 0.5) is 0 Å². The second-order valence-electron chi connectivity index (χ2n) is 10.4. The van der Waals surface area contributed by atoms with Crippen LogP contribution in [0.2, 0.25) is 4.71 Å². The number of piperidine rings is 1. The number of sulfonamides is 1. The first-order valence-corrected chi connectivity index (χ1v) is 18.1. The molecule has 41 heavy (non-hydrogen) atoms. The average Bonchev–Trinajstić information content (AvgIpc) is 3.27. The number of rotatable bonds is 9. The SMILES string of the molecule is COC(=O)c1sc(-c2cccc([As]C3CCN(S(=O)(=O)c4ccccc4)CC3)c2)c(Br)c1OCC(=O)OC(C)(C)C. The third kappa shape index (κ3) is 8.02. The van der Waals surface area contributed by atoms with Gasteiger partial charge < -0.3 is 0 Å². The van der Waals surface area contributed by atoms with Gasteiger partial charge in [0.1, 0.15) is 0 Å². The summed E-state index contributed by atoms with van der Waals surface area (Å²) in [4.78, 5) is 26.2. The van der Waals surface area contributed by atoms with Crippen molar-refractivity contribution in [1.82, 2.24) is 4.31 Å². The Kier molecular flexibility index (Phi) is 10.4. The molecule has 0 bridgehead atoms. The van der Waals surface area contributed by atoms with E-state index in [0.29, 0.717) is 27.2 Å². The first kappa shape index (κ1) is 31.8. The van der Waals surface area contributed by atoms with Crippen molar-refractivity contribution in [3.63, 3.8) is 0 Å². The van der Waals surface area contributed by atoms with E-state index in [9.17, 15) is 18.0 Å². The van der Waals surface area contributed by atoms with E-state index in [2.05, 4.69) is 28.1 Å². The van der Waals surface area contributed by atoms with Crippen LogP contribution in [0.15, 0.2) is 64.0 Å². The molecule has 8 nitrogen and oxygen atoms in total. The number of methoxy groups -OCH3 is 1. The second kappa shape index (κ2) is 13.4. The topological polar surface area (TPSA) is 99.2 Å². The van der Waals surface area contributed by atoms with E-state index in [4.69, 9.17) is 14.2 Å². The monoisotopic (exact) mass is 724 g/mol. The number of halogens is 1. The molecule has 1 aromatic heterocycles. The molecule has 3 aromatic rings. The van der Waals surface area contributed by atoms with Crippen molar-refractivity contribution in [2.24, 2.45) is 0 Å². The van der Waals surface area contributed by atoms with Crippen LogP contribution in [0, 0.1) is 0 Å². The molecule has 219 valence electrons. The zero-order valence-corrected chi connectivity index (χ0v) is 28.4. The maximum absolute atomic E-state index is 13.0. The summed E-state index contributed by atoms with van der Waals surface area (Å²) in [7, 11) is -2.18. The standard InChI is InChI=1S/C29H32AsBrNO7S2/c1-29(2,3)39-23(33)18-38-25-24(31)26(40-27(25)28(34)37-4)19-9-8-10-21(17-19)30-20-13-15-32(16-14-20)41(35,36)22-11-6-5-7-12-22/h5-12,17,20H,13-16,18H2,1-4H3. The fraction of sp³-hybridized carbons (Fsp3) is 0.379. The van der Waals surface area contributed by atoms with Crippen LogP contribution in [0.1, 0.15) is 43.3 Å². The van der Waals surface area contributed by atoms with Crippen LogP contribution in [-0.2, 0) is 24.3 Å². The number of carbonyl (C=O) groups excluding carboxylic acids is 2. The maximum atomic E-state index is 13.0. The molecule has 1 aliphatic rings. The summed E-state index contributed by atoms with van der Waals surface area (Å²) in [5, 5.41) is 0. The van der Waals surface area contributed by atoms with Gasteiger partial charge in [-0.15, -0.1) is 0 Å². The molecule has 2 aromatic carbocycles. The molecule has 12 heteroatoms. The summed E-state index contributed by atoms with van der Waals surface area (Å²) >= 11 is 4.61. The third-order valence-corrected chi connectivity index (χ3v) is 13.4. The molecule has 2 heterocycles. The molecule has 1 fully saturated rings. The first-order chi connectivity index (χ1) is 19.4. The summed E-state index contributed by atoms with van der Waals surface area (Å²) in [6, 6.07) is 16.7. The van der Waals surface area contributed by atoms with Crippen LogP contribution < -0.4 is 9.09 Å². The minimum absolute atomic E-state index is 0.211. The Labute approximate surface area is 260 Å². The Morgan fingerprint density at radius 1 is 1.07 bits per heavy atom. The van der Waals surface area contributed by atoms with Crippen molar-refractivity contribution in [2.45, 2.75) is 48.8 Å². The fourth-order valence-corrected chi connectivity index (χ4v) is 10.5. The summed E-state index contributed by atoms with van der Waals surface area (Å²) in [5.74, 6) is -0.851. The minimum atomic E-state index is -3.47. The normalized spacial score (nSPS) is 15.2. The molecule has 0 unspecified atom stereocenters. The Balaban J connectivity index is 1.47. The van der Waals surface area contributed by atoms with Crippen LogP contribution in [-0.4, -0.2) is 72.8 Å². The van der Waals surface area contributed by atoms with Crippen molar-refractivity contribution >= 4 is 69.3 Å². The van der Waals surface area contributed by atoms with Crippen molar-refractivity contribution in [1.29, 1.82) is 0 Å². The van der Waals surface area contributed by atoms with Gasteiger partial charge in [-0.25, -0.2) is 0 Å². The Morgan fingerprint density at radius 3 is 2.39 bits per heavy atom. The third-order valence-electron chi connectivity index (χ3n) is 6.18. The van der Waals surface area contributed by atoms with Gasteiger partial charge in [-0.05, 0) is 0 Å². The van der Waals surface area contributed by atoms with Crippen molar-refractivity contribution in [2.75, 3.05) is 26.8 Å². The zero-order valence-electron chi connectivity index (χ0n) is 23.3. The number of hydrogen-bond acceptors (Lipinski definition) is 8. The summed E-state index contributed by atoms with van der Waals surface area (Å²) in [6.07, 6.45) is 1.63. The van der Waals surface area contributed by atoms with Gasteiger partial charge >= 0.3 is 262 Å². The van der Waals surface area contributed by atoms with Crippen LogP contribution in [0.5, 0.6) is 5.75 Å². The summed E-state index contributed by atoms with van der Waals surface area (Å²) in [5.41, 5.74) is 0.259. The van der Waals surface area contributed by atoms with E-state index in [-0.39, 0.29) is 33.0 Å². The second-order valence-corrected chi connectivity index (χ2v) is 17.3. The number of esters is 2. The van der Waals surface area contributed by atoms with Crippen LogP contribution in [0.3, 0.4) is 0 Å². The Bertz CT molecular complexity index is 1500. The van der Waals surface area contributed by atoms with Gasteiger partial charge in [-0.2, -0.15) is 0 Å². The number of hydrogen-bond donors (Lipinski definition) is 0. The molecule has 1 aliphatic heterocycles. The first-order valence-electron chi connectivity index (χ1n) is 13.0. The van der Waals surface area contributed by atoms with E-state index >= 15 is 0 Å². The Hall–Kier alpha value is -2.17. The molecule has 4 rings (SSSR count). The molecule has 0 aliphatic carbocycles. The number of nitrogens with zero attached hydrogens (tertiary/aromatic N) is 1. The number of benzene rings is 2. The van der Waals surface area contributed by atoms with Gasteiger partial charge in [-0.3, -0.25) is 0 Å². The molecular formula is C29H32AsBrNO7S2. The summed E-state index contributed by atoms with van der Waals surface area (Å²) < 4.78 is 45.8. The molecular weight excluding hydrogens is 693 g/mol. The summed E-state index contributed by atoms with van der Waals surface area (Å²) in [6.45, 7) is 5.99. The molecule has 0 N–H and O–H groups in total. The van der Waals surface area contributed by atoms with E-state index < -0.39 is 27.6 Å². The molecule has 0 amide bonds. The fourth-order valence-electron chi connectivity index (χ4n) is 4.33. The molecule has 0 atom stereocenters. The number of thiophene rings is 1. The van der Waals surface area contributed by atoms with E-state index in [1.54, 1.807) is 49.3 Å². The van der Waals surface area contributed by atoms with Gasteiger partial charge in [0.05, 0.1) is 0 Å². The van der Waals surface area contributed by atoms with Gasteiger partial charge in [0.2, 0.25) is 0 Å². The average molecular weight is 726 g/mol. The molecule has 0 spiro atoms. The van der Waals surface area contributed by atoms with Crippen LogP contribution >= 0.6 is 27.3 Å². The zero-order chi connectivity index (χ0) is 29.8. The van der Waals surface area contributed by atoms with Crippen molar-refractivity contribution < 1.29 is 32.2 Å².